The van der Waals surface area contributed by atoms with Gasteiger partial charge in [0.1, 0.15) is 0 Å². The lowest BCUT2D eigenvalue weighted by Gasteiger charge is -2.15. The molecule has 0 aliphatic rings. The molecule has 1 heterocycles. The third-order valence-corrected chi connectivity index (χ3v) is 4.20. The monoisotopic (exact) mass is 399 g/mol. The van der Waals surface area contributed by atoms with Crippen molar-refractivity contribution in [2.75, 3.05) is 5.32 Å². The van der Waals surface area contributed by atoms with Crippen molar-refractivity contribution in [2.24, 2.45) is 0 Å². The van der Waals surface area contributed by atoms with Gasteiger partial charge in [-0.05, 0) is 54.4 Å². The van der Waals surface area contributed by atoms with Crippen molar-refractivity contribution in [3.8, 4) is 0 Å². The average Bonchev–Trinajstić information content (AvgIpc) is 3.24. The average molecular weight is 399 g/mol. The van der Waals surface area contributed by atoms with Crippen molar-refractivity contribution >= 4 is 17.6 Å². The molecule has 3 rings (SSSR count). The number of carbonyl (C=O) groups is 2. The zero-order chi connectivity index (χ0) is 20.8. The molecule has 8 heteroatoms. The smallest absolute Gasteiger partial charge is 0.315 e. The second-order valence-corrected chi connectivity index (χ2v) is 6.35. The second kappa shape index (κ2) is 9.01. The highest BCUT2D eigenvalue weighted by Gasteiger charge is 2.12. The van der Waals surface area contributed by atoms with Gasteiger partial charge in [0, 0.05) is 12.2 Å². The summed E-state index contributed by atoms with van der Waals surface area (Å²) in [6.07, 6.45) is 1.42. The Morgan fingerprint density at radius 3 is 2.45 bits per heavy atom. The normalized spacial score (nSPS) is 11.6. The van der Waals surface area contributed by atoms with Crippen LogP contribution in [0.1, 0.15) is 34.6 Å². The summed E-state index contributed by atoms with van der Waals surface area (Å²) >= 11 is 0. The molecule has 0 aliphatic carbocycles. The first-order valence-corrected chi connectivity index (χ1v) is 8.85. The lowest BCUT2D eigenvalue weighted by atomic mass is 10.1. The zero-order valence-corrected chi connectivity index (χ0v) is 15.5. The number of carbonyl (C=O) groups excluding carboxylic acids is 2. The Labute approximate surface area is 165 Å². The van der Waals surface area contributed by atoms with Crippen LogP contribution in [0.3, 0.4) is 0 Å². The van der Waals surface area contributed by atoms with E-state index in [1.54, 1.807) is 43.3 Å². The van der Waals surface area contributed by atoms with Crippen LogP contribution in [0.15, 0.2) is 65.3 Å². The molecule has 0 fully saturated rings. The lowest BCUT2D eigenvalue weighted by Crippen LogP contribution is -2.36. The molecule has 1 aromatic heterocycles. The summed E-state index contributed by atoms with van der Waals surface area (Å²) < 4.78 is 31.3. The van der Waals surface area contributed by atoms with Crippen molar-refractivity contribution in [2.45, 2.75) is 19.5 Å². The minimum Gasteiger partial charge on any atom is -0.459 e. The Balaban J connectivity index is 1.48. The fourth-order valence-corrected chi connectivity index (χ4v) is 2.60. The Kier molecular flexibility index (Phi) is 6.23. The van der Waals surface area contributed by atoms with Crippen molar-refractivity contribution < 1.29 is 22.8 Å². The van der Waals surface area contributed by atoms with Gasteiger partial charge in [-0.3, -0.25) is 4.79 Å². The largest absolute Gasteiger partial charge is 0.459 e. The van der Waals surface area contributed by atoms with E-state index >= 15 is 0 Å². The molecule has 150 valence electrons. The van der Waals surface area contributed by atoms with Crippen LogP contribution >= 0.6 is 0 Å². The van der Waals surface area contributed by atoms with Crippen molar-refractivity contribution in [1.82, 2.24) is 10.6 Å². The number of nitrogens with one attached hydrogen (secondary N) is 3. The zero-order valence-electron chi connectivity index (χ0n) is 15.5. The second-order valence-electron chi connectivity index (χ2n) is 6.35. The topological polar surface area (TPSA) is 83.4 Å². The molecule has 3 aromatic rings. The number of hydrogen-bond acceptors (Lipinski definition) is 3. The molecule has 2 aromatic carbocycles. The van der Waals surface area contributed by atoms with Crippen LogP contribution in [0, 0.1) is 11.6 Å². The maximum Gasteiger partial charge on any atom is 0.315 e. The molecular weight excluding hydrogens is 380 g/mol. The van der Waals surface area contributed by atoms with Crippen molar-refractivity contribution in [3.05, 3.63) is 89.4 Å². The van der Waals surface area contributed by atoms with E-state index < -0.39 is 23.7 Å². The van der Waals surface area contributed by atoms with E-state index in [-0.39, 0.29) is 18.2 Å². The van der Waals surface area contributed by atoms with Crippen molar-refractivity contribution in [1.29, 1.82) is 0 Å². The van der Waals surface area contributed by atoms with Gasteiger partial charge in [-0.1, -0.05) is 18.2 Å². The third-order valence-electron chi connectivity index (χ3n) is 4.20. The SMILES string of the molecule is C[C@@H](NC(=O)NCc1ccc(NC(=O)c2ccco2)cc1)c1ccc(F)c(F)c1. The molecule has 3 N–H and O–H groups in total. The first kappa shape index (κ1) is 20.1. The van der Waals surface area contributed by atoms with Crippen LogP contribution in [0.2, 0.25) is 0 Å². The Morgan fingerprint density at radius 1 is 1.03 bits per heavy atom. The number of anilines is 1. The highest BCUT2D eigenvalue weighted by Crippen LogP contribution is 2.16. The number of urea groups is 1. The molecule has 0 radical (unpaired) electrons. The van der Waals surface area contributed by atoms with Gasteiger partial charge in [-0.2, -0.15) is 0 Å². The molecule has 0 saturated carbocycles. The summed E-state index contributed by atoms with van der Waals surface area (Å²) in [6, 6.07) is 12.7. The van der Waals surface area contributed by atoms with E-state index in [1.165, 1.54) is 12.3 Å². The highest BCUT2D eigenvalue weighted by molar-refractivity contribution is 6.02. The maximum atomic E-state index is 13.3. The van der Waals surface area contributed by atoms with Crippen LogP contribution in [-0.2, 0) is 6.54 Å². The standard InChI is InChI=1S/C21H19F2N3O3/c1-13(15-6-9-17(22)18(23)11-15)25-21(28)24-12-14-4-7-16(8-5-14)26-20(27)19-3-2-10-29-19/h2-11,13H,12H2,1H3,(H,26,27)(H2,24,25,28)/t13-/m1/s1. The van der Waals surface area contributed by atoms with E-state index in [2.05, 4.69) is 16.0 Å². The number of furan rings is 1. The molecule has 0 saturated heterocycles. The fourth-order valence-electron chi connectivity index (χ4n) is 2.60. The predicted molar refractivity (Wildman–Crippen MR) is 103 cm³/mol. The van der Waals surface area contributed by atoms with Crippen LogP contribution in [0.5, 0.6) is 0 Å². The summed E-state index contributed by atoms with van der Waals surface area (Å²) in [4.78, 5) is 24.0. The Morgan fingerprint density at radius 2 is 1.79 bits per heavy atom. The summed E-state index contributed by atoms with van der Waals surface area (Å²) in [5, 5.41) is 8.05. The van der Waals surface area contributed by atoms with E-state index in [0.29, 0.717) is 11.3 Å². The minimum atomic E-state index is -0.962. The predicted octanol–water partition coefficient (Wildman–Crippen LogP) is 4.37. The van der Waals surface area contributed by atoms with Crippen LogP contribution < -0.4 is 16.0 Å². The number of benzene rings is 2. The van der Waals surface area contributed by atoms with Crippen LogP contribution in [0.4, 0.5) is 19.3 Å². The van der Waals surface area contributed by atoms with Gasteiger partial charge in [-0.25, -0.2) is 13.6 Å². The fraction of sp³-hybridized carbons (Fsp3) is 0.143. The van der Waals surface area contributed by atoms with E-state index in [0.717, 1.165) is 17.7 Å². The van der Waals surface area contributed by atoms with Gasteiger partial charge in [-0.15, -0.1) is 0 Å². The van der Waals surface area contributed by atoms with Crippen LogP contribution in [0.25, 0.3) is 0 Å². The Bertz CT molecular complexity index is 989. The molecule has 0 aliphatic heterocycles. The minimum absolute atomic E-state index is 0.211. The molecule has 6 nitrogen and oxygen atoms in total. The first-order chi connectivity index (χ1) is 13.9. The summed E-state index contributed by atoms with van der Waals surface area (Å²) in [7, 11) is 0. The van der Waals surface area contributed by atoms with Crippen molar-refractivity contribution in [3.63, 3.8) is 0 Å². The molecule has 1 atom stereocenters. The Hall–Kier alpha value is -3.68. The molecule has 3 amide bonds. The van der Waals surface area contributed by atoms with Gasteiger partial charge >= 0.3 is 6.03 Å². The first-order valence-electron chi connectivity index (χ1n) is 8.85. The summed E-state index contributed by atoms with van der Waals surface area (Å²) in [6.45, 7) is 1.92. The lowest BCUT2D eigenvalue weighted by molar-refractivity contribution is 0.0996. The maximum absolute atomic E-state index is 13.3. The molecule has 29 heavy (non-hydrogen) atoms. The summed E-state index contributed by atoms with van der Waals surface area (Å²) in [5.41, 5.74) is 1.86. The van der Waals surface area contributed by atoms with E-state index in [9.17, 15) is 18.4 Å². The number of hydrogen-bond donors (Lipinski definition) is 3. The number of rotatable bonds is 6. The van der Waals surface area contributed by atoms with E-state index in [1.807, 2.05) is 0 Å². The van der Waals surface area contributed by atoms with Gasteiger partial charge in [0.2, 0.25) is 0 Å². The molecule has 0 spiro atoms. The highest BCUT2D eigenvalue weighted by atomic mass is 19.2. The molecule has 0 bridgehead atoms. The van der Waals surface area contributed by atoms with Crippen LogP contribution in [-0.4, -0.2) is 11.9 Å². The van der Waals surface area contributed by atoms with E-state index in [4.69, 9.17) is 4.42 Å². The number of amides is 3. The molecule has 0 unspecified atom stereocenters. The van der Waals surface area contributed by atoms with Gasteiger partial charge < -0.3 is 20.4 Å². The van der Waals surface area contributed by atoms with Gasteiger partial charge in [0.25, 0.3) is 5.91 Å². The summed E-state index contributed by atoms with van der Waals surface area (Å²) in [5.74, 6) is -2.04. The third kappa shape index (κ3) is 5.41. The van der Waals surface area contributed by atoms with Gasteiger partial charge in [0.05, 0.1) is 12.3 Å². The number of halogens is 2. The quantitative estimate of drug-likeness (QED) is 0.576. The molecular formula is C21H19F2N3O3. The van der Waals surface area contributed by atoms with Gasteiger partial charge in [0.15, 0.2) is 17.4 Å².